The summed E-state index contributed by atoms with van der Waals surface area (Å²) in [5.74, 6) is -0.259. The molecule has 0 saturated heterocycles. The maximum Gasteiger partial charge on any atom is 0.195 e. The zero-order chi connectivity index (χ0) is 12.0. The van der Waals surface area contributed by atoms with Gasteiger partial charge in [0.05, 0.1) is 0 Å². The number of hydrogen-bond acceptors (Lipinski definition) is 2. The molecule has 0 bridgehead atoms. The van der Waals surface area contributed by atoms with Crippen LogP contribution >= 0.6 is 0 Å². The molecule has 0 spiro atoms. The summed E-state index contributed by atoms with van der Waals surface area (Å²) in [5.41, 5.74) is 0.783. The molecule has 0 aromatic heterocycles. The quantitative estimate of drug-likeness (QED) is 0.746. The van der Waals surface area contributed by atoms with Crippen LogP contribution in [0.25, 0.3) is 0 Å². The molecule has 3 rings (SSSR count). The van der Waals surface area contributed by atoms with Gasteiger partial charge >= 0.3 is 0 Å². The summed E-state index contributed by atoms with van der Waals surface area (Å²) in [4.78, 5) is 12.4. The zero-order valence-corrected chi connectivity index (χ0v) is 9.83. The molecule has 2 nitrogen and oxygen atoms in total. The Morgan fingerprint density at radius 2 is 2.24 bits per heavy atom. The van der Waals surface area contributed by atoms with Crippen molar-refractivity contribution in [3.05, 3.63) is 35.1 Å². The minimum atomic E-state index is -0.714. The Morgan fingerprint density at radius 1 is 1.41 bits per heavy atom. The second kappa shape index (κ2) is 3.64. The van der Waals surface area contributed by atoms with E-state index in [1.165, 1.54) is 12.1 Å². The number of carbonyl (C=O) groups excluding carboxylic acids is 1. The number of halogens is 1. The predicted octanol–water partition coefficient (Wildman–Crippen LogP) is 3.06. The number of fused-ring (bicyclic) bond motifs is 3. The van der Waals surface area contributed by atoms with E-state index in [4.69, 9.17) is 4.74 Å². The van der Waals surface area contributed by atoms with Crippen molar-refractivity contribution in [1.82, 2.24) is 0 Å². The molecule has 2 atom stereocenters. The number of rotatable bonds is 1. The monoisotopic (exact) mass is 234 g/mol. The summed E-state index contributed by atoms with van der Waals surface area (Å²) in [6.07, 6.45) is 3.83. The first-order valence-electron chi connectivity index (χ1n) is 6.08. The summed E-state index contributed by atoms with van der Waals surface area (Å²) < 4.78 is 18.8. The van der Waals surface area contributed by atoms with Crippen LogP contribution in [-0.4, -0.2) is 18.5 Å². The maximum atomic E-state index is 13.2. The van der Waals surface area contributed by atoms with Crippen molar-refractivity contribution in [2.75, 3.05) is 7.11 Å². The van der Waals surface area contributed by atoms with Crippen molar-refractivity contribution >= 4 is 5.78 Å². The smallest absolute Gasteiger partial charge is 0.195 e. The number of ether oxygens (including phenoxy) is 1. The molecular formula is C14H15FO2. The van der Waals surface area contributed by atoms with E-state index in [9.17, 15) is 9.18 Å². The van der Waals surface area contributed by atoms with Gasteiger partial charge in [0.15, 0.2) is 5.78 Å². The average Bonchev–Trinajstić information content (AvgIpc) is 2.61. The van der Waals surface area contributed by atoms with Crippen LogP contribution in [0.2, 0.25) is 0 Å². The average molecular weight is 234 g/mol. The minimum Gasteiger partial charge on any atom is -0.369 e. The van der Waals surface area contributed by atoms with Gasteiger partial charge in [-0.15, -0.1) is 0 Å². The van der Waals surface area contributed by atoms with Crippen LogP contribution in [0.5, 0.6) is 0 Å². The minimum absolute atomic E-state index is 0.0285. The first-order chi connectivity index (χ1) is 8.19. The SMILES string of the molecule is CO[C@]12CCCC[C@H]1c1ccc(F)cc1C2=O. The van der Waals surface area contributed by atoms with Crippen LogP contribution in [0.15, 0.2) is 18.2 Å². The van der Waals surface area contributed by atoms with E-state index < -0.39 is 5.60 Å². The highest BCUT2D eigenvalue weighted by Crippen LogP contribution is 2.51. The second-order valence-electron chi connectivity index (χ2n) is 4.95. The number of hydrogen-bond donors (Lipinski definition) is 0. The summed E-state index contributed by atoms with van der Waals surface area (Å²) >= 11 is 0. The summed E-state index contributed by atoms with van der Waals surface area (Å²) in [6.45, 7) is 0. The van der Waals surface area contributed by atoms with Crippen molar-refractivity contribution in [1.29, 1.82) is 0 Å². The van der Waals surface area contributed by atoms with E-state index in [2.05, 4.69) is 0 Å². The summed E-state index contributed by atoms with van der Waals surface area (Å²) in [5, 5.41) is 0. The lowest BCUT2D eigenvalue weighted by atomic mass is 9.75. The molecule has 1 saturated carbocycles. The Bertz CT molecular complexity index is 483. The Morgan fingerprint density at radius 3 is 3.00 bits per heavy atom. The van der Waals surface area contributed by atoms with Gasteiger partial charge in [0.1, 0.15) is 11.4 Å². The molecule has 90 valence electrons. The van der Waals surface area contributed by atoms with Crippen LogP contribution in [0.4, 0.5) is 4.39 Å². The molecule has 17 heavy (non-hydrogen) atoms. The van der Waals surface area contributed by atoms with E-state index in [0.717, 1.165) is 31.2 Å². The Hall–Kier alpha value is -1.22. The lowest BCUT2D eigenvalue weighted by molar-refractivity contribution is -0.0269. The summed E-state index contributed by atoms with van der Waals surface area (Å²) in [7, 11) is 1.60. The highest BCUT2D eigenvalue weighted by atomic mass is 19.1. The fraction of sp³-hybridized carbons (Fsp3) is 0.500. The van der Waals surface area contributed by atoms with Crippen molar-refractivity contribution in [3.8, 4) is 0 Å². The first-order valence-corrected chi connectivity index (χ1v) is 6.08. The molecule has 1 aromatic carbocycles. The molecule has 0 unspecified atom stereocenters. The van der Waals surface area contributed by atoms with Crippen LogP contribution in [0.1, 0.15) is 47.5 Å². The molecule has 1 aromatic rings. The van der Waals surface area contributed by atoms with E-state index >= 15 is 0 Å². The van der Waals surface area contributed by atoms with Crippen molar-refractivity contribution in [2.24, 2.45) is 0 Å². The van der Waals surface area contributed by atoms with E-state index in [0.29, 0.717) is 5.56 Å². The molecule has 3 heteroatoms. The first kappa shape index (κ1) is 10.9. The number of ketones is 1. The van der Waals surface area contributed by atoms with Gasteiger partial charge in [-0.2, -0.15) is 0 Å². The molecular weight excluding hydrogens is 219 g/mol. The molecule has 0 amide bonds. The molecule has 0 heterocycles. The van der Waals surface area contributed by atoms with Gasteiger partial charge in [0.25, 0.3) is 0 Å². The topological polar surface area (TPSA) is 26.3 Å². The Balaban J connectivity index is 2.17. The molecule has 2 aliphatic carbocycles. The molecule has 2 aliphatic rings. The van der Waals surface area contributed by atoms with Gasteiger partial charge in [-0.3, -0.25) is 4.79 Å². The van der Waals surface area contributed by atoms with Crippen molar-refractivity contribution in [3.63, 3.8) is 0 Å². The van der Waals surface area contributed by atoms with Crippen LogP contribution < -0.4 is 0 Å². The van der Waals surface area contributed by atoms with Crippen molar-refractivity contribution in [2.45, 2.75) is 37.2 Å². The van der Waals surface area contributed by atoms with Crippen LogP contribution in [0, 0.1) is 5.82 Å². The predicted molar refractivity (Wildman–Crippen MR) is 61.7 cm³/mol. The number of Topliss-reactive ketones (excluding diaryl/α,β-unsaturated/α-hetero) is 1. The highest BCUT2D eigenvalue weighted by Gasteiger charge is 2.54. The highest BCUT2D eigenvalue weighted by molar-refractivity contribution is 6.08. The zero-order valence-electron chi connectivity index (χ0n) is 9.83. The number of carbonyl (C=O) groups is 1. The maximum absolute atomic E-state index is 13.2. The van der Waals surface area contributed by atoms with Gasteiger partial charge in [0, 0.05) is 18.6 Å². The molecule has 0 radical (unpaired) electrons. The molecule has 1 fully saturated rings. The second-order valence-corrected chi connectivity index (χ2v) is 4.95. The third kappa shape index (κ3) is 1.32. The van der Waals surface area contributed by atoms with E-state index in [-0.39, 0.29) is 17.5 Å². The van der Waals surface area contributed by atoms with Gasteiger partial charge < -0.3 is 4.74 Å². The third-order valence-corrected chi connectivity index (χ3v) is 4.24. The normalized spacial score (nSPS) is 31.2. The number of methoxy groups -OCH3 is 1. The molecule has 0 N–H and O–H groups in total. The van der Waals surface area contributed by atoms with Gasteiger partial charge in [-0.25, -0.2) is 4.39 Å². The summed E-state index contributed by atoms with van der Waals surface area (Å²) in [6, 6.07) is 4.54. The van der Waals surface area contributed by atoms with Gasteiger partial charge in [-0.05, 0) is 30.5 Å². The fourth-order valence-corrected chi connectivity index (χ4v) is 3.42. The van der Waals surface area contributed by atoms with E-state index in [1.54, 1.807) is 13.2 Å². The third-order valence-electron chi connectivity index (χ3n) is 4.24. The van der Waals surface area contributed by atoms with Crippen LogP contribution in [0.3, 0.4) is 0 Å². The Labute approximate surface area is 99.8 Å². The lowest BCUT2D eigenvalue weighted by Crippen LogP contribution is -2.43. The molecule has 0 aliphatic heterocycles. The Kier molecular flexibility index (Phi) is 2.33. The number of benzene rings is 1. The van der Waals surface area contributed by atoms with E-state index in [1.807, 2.05) is 0 Å². The largest absolute Gasteiger partial charge is 0.369 e. The van der Waals surface area contributed by atoms with Crippen LogP contribution in [-0.2, 0) is 4.74 Å². The fourth-order valence-electron chi connectivity index (χ4n) is 3.42. The van der Waals surface area contributed by atoms with Gasteiger partial charge in [0.2, 0.25) is 0 Å². The standard InChI is InChI=1S/C14H15FO2/c1-17-14-7-3-2-4-12(14)10-6-5-9(15)8-11(10)13(14)16/h5-6,8,12H,2-4,7H2,1H3/t12-,14+/m0/s1. The lowest BCUT2D eigenvalue weighted by Gasteiger charge is -2.36. The van der Waals surface area contributed by atoms with Crippen molar-refractivity contribution < 1.29 is 13.9 Å². The van der Waals surface area contributed by atoms with Gasteiger partial charge in [-0.1, -0.05) is 18.9 Å².